The molecule has 0 aliphatic rings. The highest BCUT2D eigenvalue weighted by molar-refractivity contribution is 7.99. The summed E-state index contributed by atoms with van der Waals surface area (Å²) in [6.07, 6.45) is 37.4. The Bertz CT molecular complexity index is 426. The molecule has 0 aromatic rings. The fraction of sp³-hybridized carbons (Fsp3) is 0.970. The zero-order valence-electron chi connectivity index (χ0n) is 24.8. The average molecular weight is 527 g/mol. The van der Waals surface area contributed by atoms with Gasteiger partial charge in [0.1, 0.15) is 0 Å². The summed E-state index contributed by atoms with van der Waals surface area (Å²) in [5.74, 6) is 0.528. The van der Waals surface area contributed by atoms with Crippen LogP contribution in [0.5, 0.6) is 0 Å². The van der Waals surface area contributed by atoms with Crippen molar-refractivity contribution < 1.29 is 9.90 Å². The van der Waals surface area contributed by atoms with E-state index in [1.54, 1.807) is 0 Å². The fourth-order valence-electron chi connectivity index (χ4n) is 5.20. The molecule has 36 heavy (non-hydrogen) atoms. The smallest absolute Gasteiger partial charge is 0.304 e. The standard InChI is InChI=1S/C33H66O2S/c1-3-5-7-9-11-13-15-16-17-18-19-20-22-24-26-28-30-36-32(31-33(34)35)29-27-25-23-21-14-12-10-8-6-4-2/h32H,3-31H2,1-2H3,(H,34,35). The molecule has 0 fully saturated rings. The molecule has 2 nitrogen and oxygen atoms in total. The van der Waals surface area contributed by atoms with Crippen LogP contribution < -0.4 is 0 Å². The van der Waals surface area contributed by atoms with Crippen molar-refractivity contribution in [2.75, 3.05) is 5.75 Å². The van der Waals surface area contributed by atoms with Gasteiger partial charge < -0.3 is 5.11 Å². The highest BCUT2D eigenvalue weighted by Crippen LogP contribution is 2.24. The van der Waals surface area contributed by atoms with Gasteiger partial charge in [-0.1, -0.05) is 174 Å². The lowest BCUT2D eigenvalue weighted by Crippen LogP contribution is -2.10. The van der Waals surface area contributed by atoms with Crippen molar-refractivity contribution in [2.45, 2.75) is 199 Å². The van der Waals surface area contributed by atoms with Crippen molar-refractivity contribution in [2.24, 2.45) is 0 Å². The Hall–Kier alpha value is -0.180. The molecule has 0 aromatic carbocycles. The first kappa shape index (κ1) is 35.8. The number of rotatable bonds is 31. The molecular weight excluding hydrogens is 460 g/mol. The van der Waals surface area contributed by atoms with E-state index < -0.39 is 5.97 Å². The minimum atomic E-state index is -0.619. The maximum absolute atomic E-state index is 11.3. The van der Waals surface area contributed by atoms with Crippen LogP contribution in [-0.4, -0.2) is 22.1 Å². The largest absolute Gasteiger partial charge is 0.481 e. The summed E-state index contributed by atoms with van der Waals surface area (Å²) in [4.78, 5) is 11.3. The van der Waals surface area contributed by atoms with Gasteiger partial charge in [0.05, 0.1) is 6.42 Å². The number of carbonyl (C=O) groups is 1. The molecule has 1 atom stereocenters. The van der Waals surface area contributed by atoms with E-state index in [0.29, 0.717) is 11.7 Å². The maximum Gasteiger partial charge on any atom is 0.304 e. The van der Waals surface area contributed by atoms with Crippen LogP contribution in [0.4, 0.5) is 0 Å². The lowest BCUT2D eigenvalue weighted by atomic mass is 10.0. The number of hydrogen-bond acceptors (Lipinski definition) is 2. The Morgan fingerprint density at radius 1 is 0.500 bits per heavy atom. The Morgan fingerprint density at radius 2 is 0.806 bits per heavy atom. The molecule has 0 saturated carbocycles. The third-order valence-electron chi connectivity index (χ3n) is 7.63. The van der Waals surface area contributed by atoms with E-state index in [0.717, 1.165) is 12.2 Å². The maximum atomic E-state index is 11.3. The Morgan fingerprint density at radius 3 is 1.14 bits per heavy atom. The van der Waals surface area contributed by atoms with E-state index in [1.165, 1.54) is 167 Å². The number of aliphatic carboxylic acids is 1. The highest BCUT2D eigenvalue weighted by Gasteiger charge is 2.13. The predicted molar refractivity (Wildman–Crippen MR) is 165 cm³/mol. The monoisotopic (exact) mass is 526 g/mol. The van der Waals surface area contributed by atoms with Gasteiger partial charge in [-0.2, -0.15) is 11.8 Å². The van der Waals surface area contributed by atoms with E-state index in [-0.39, 0.29) is 0 Å². The normalized spacial score (nSPS) is 12.3. The van der Waals surface area contributed by atoms with Gasteiger partial charge in [-0.15, -0.1) is 0 Å². The molecule has 0 aliphatic carbocycles. The molecule has 1 unspecified atom stereocenters. The summed E-state index contributed by atoms with van der Waals surface area (Å²) >= 11 is 1.94. The van der Waals surface area contributed by atoms with Gasteiger partial charge in [-0.3, -0.25) is 4.79 Å². The first-order valence-corrected chi connectivity index (χ1v) is 17.6. The first-order chi connectivity index (χ1) is 17.7. The van der Waals surface area contributed by atoms with Crippen LogP contribution in [0.2, 0.25) is 0 Å². The van der Waals surface area contributed by atoms with Gasteiger partial charge >= 0.3 is 5.97 Å². The summed E-state index contributed by atoms with van der Waals surface area (Å²) in [5, 5.41) is 9.60. The van der Waals surface area contributed by atoms with Crippen molar-refractivity contribution in [1.82, 2.24) is 0 Å². The number of carboxylic acids is 1. The summed E-state index contributed by atoms with van der Waals surface area (Å²) in [5.41, 5.74) is 0. The van der Waals surface area contributed by atoms with Crippen molar-refractivity contribution in [1.29, 1.82) is 0 Å². The highest BCUT2D eigenvalue weighted by atomic mass is 32.2. The van der Waals surface area contributed by atoms with Crippen LogP contribution in [0.15, 0.2) is 0 Å². The molecule has 0 saturated heterocycles. The lowest BCUT2D eigenvalue weighted by molar-refractivity contribution is -0.137. The molecule has 1 N–H and O–H groups in total. The minimum absolute atomic E-state index is 0.327. The van der Waals surface area contributed by atoms with Gasteiger partial charge in [0.25, 0.3) is 0 Å². The molecule has 0 spiro atoms. The van der Waals surface area contributed by atoms with Crippen LogP contribution >= 0.6 is 11.8 Å². The van der Waals surface area contributed by atoms with E-state index >= 15 is 0 Å². The number of hydrogen-bond donors (Lipinski definition) is 1. The third-order valence-corrected chi connectivity index (χ3v) is 9.03. The molecule has 0 radical (unpaired) electrons. The van der Waals surface area contributed by atoms with Gasteiger partial charge in [-0.25, -0.2) is 0 Å². The number of carboxylic acid groups (broad SMARTS) is 1. The molecular formula is C33H66O2S. The van der Waals surface area contributed by atoms with Crippen LogP contribution in [0, 0.1) is 0 Å². The second-order valence-electron chi connectivity index (χ2n) is 11.4. The van der Waals surface area contributed by atoms with E-state index in [1.807, 2.05) is 11.8 Å². The summed E-state index contributed by atoms with van der Waals surface area (Å²) < 4.78 is 0. The Labute approximate surface area is 231 Å². The first-order valence-electron chi connectivity index (χ1n) is 16.5. The Kier molecular flexibility index (Phi) is 30.9. The lowest BCUT2D eigenvalue weighted by Gasteiger charge is -2.14. The molecule has 0 bridgehead atoms. The van der Waals surface area contributed by atoms with Gasteiger partial charge in [0, 0.05) is 5.25 Å². The minimum Gasteiger partial charge on any atom is -0.481 e. The van der Waals surface area contributed by atoms with Crippen molar-refractivity contribution in [3.8, 4) is 0 Å². The van der Waals surface area contributed by atoms with Crippen molar-refractivity contribution >= 4 is 17.7 Å². The van der Waals surface area contributed by atoms with E-state index in [9.17, 15) is 9.90 Å². The van der Waals surface area contributed by atoms with Crippen molar-refractivity contribution in [3.05, 3.63) is 0 Å². The molecule has 216 valence electrons. The molecule has 0 rings (SSSR count). The van der Waals surface area contributed by atoms with E-state index in [4.69, 9.17) is 0 Å². The van der Waals surface area contributed by atoms with Crippen molar-refractivity contribution in [3.63, 3.8) is 0 Å². The third kappa shape index (κ3) is 30.0. The van der Waals surface area contributed by atoms with E-state index in [2.05, 4.69) is 13.8 Å². The molecule has 0 aliphatic heterocycles. The molecule has 0 amide bonds. The van der Waals surface area contributed by atoms with Gasteiger partial charge in [-0.05, 0) is 18.6 Å². The topological polar surface area (TPSA) is 37.3 Å². The molecule has 0 heterocycles. The fourth-order valence-corrected chi connectivity index (χ4v) is 6.50. The zero-order valence-corrected chi connectivity index (χ0v) is 25.7. The molecule has 0 aromatic heterocycles. The second-order valence-corrected chi connectivity index (χ2v) is 12.8. The summed E-state index contributed by atoms with van der Waals surface area (Å²) in [6, 6.07) is 0. The Balaban J connectivity index is 3.46. The van der Waals surface area contributed by atoms with Crippen LogP contribution in [0.1, 0.15) is 194 Å². The van der Waals surface area contributed by atoms with Crippen LogP contribution in [-0.2, 0) is 4.79 Å². The quantitative estimate of drug-likeness (QED) is 0.0912. The zero-order chi connectivity index (χ0) is 26.4. The summed E-state index contributed by atoms with van der Waals surface area (Å²) in [7, 11) is 0. The van der Waals surface area contributed by atoms with Gasteiger partial charge in [0.15, 0.2) is 0 Å². The predicted octanol–water partition coefficient (Wildman–Crippen LogP) is 12.1. The SMILES string of the molecule is CCCCCCCCCCCCCCCCCCSC(CCCCCCCCCCCC)CC(=O)O. The second kappa shape index (κ2) is 31.0. The van der Waals surface area contributed by atoms with Gasteiger partial charge in [0.2, 0.25) is 0 Å². The molecule has 3 heteroatoms. The average Bonchev–Trinajstić information content (AvgIpc) is 2.86. The number of unbranched alkanes of at least 4 members (excludes halogenated alkanes) is 24. The van der Waals surface area contributed by atoms with Crippen LogP contribution in [0.3, 0.4) is 0 Å². The van der Waals surface area contributed by atoms with Crippen LogP contribution in [0.25, 0.3) is 0 Å². The summed E-state index contributed by atoms with van der Waals surface area (Å²) in [6.45, 7) is 4.57. The number of thioether (sulfide) groups is 1.